The third-order valence-corrected chi connectivity index (χ3v) is 3.76. The summed E-state index contributed by atoms with van der Waals surface area (Å²) in [4.78, 5) is 20.5. The number of carbonyl (C=O) groups excluding carboxylic acids is 1. The monoisotopic (exact) mass is 337 g/mol. The molecule has 1 amide bonds. The van der Waals surface area contributed by atoms with Crippen LogP contribution in [0, 0.1) is 13.8 Å². The van der Waals surface area contributed by atoms with E-state index in [-0.39, 0.29) is 11.6 Å². The number of amides is 1. The highest BCUT2D eigenvalue weighted by atomic mass is 16.5. The minimum atomic E-state index is -0.376. The molecule has 25 heavy (non-hydrogen) atoms. The molecule has 2 heterocycles. The molecule has 3 aromatic rings. The average molecular weight is 337 g/mol. The number of nitrogens with zero attached hydrogens (tertiary/aromatic N) is 3. The van der Waals surface area contributed by atoms with E-state index in [1.165, 1.54) is 11.9 Å². The highest BCUT2D eigenvalue weighted by Gasteiger charge is 2.12. The second kappa shape index (κ2) is 7.12. The van der Waals surface area contributed by atoms with Crippen LogP contribution in [-0.2, 0) is 6.42 Å². The summed E-state index contributed by atoms with van der Waals surface area (Å²) in [5, 5.41) is 9.67. The first-order valence-corrected chi connectivity index (χ1v) is 7.99. The number of hydrogen-bond donors (Lipinski definition) is 2. The fourth-order valence-electron chi connectivity index (χ4n) is 2.49. The Kier molecular flexibility index (Phi) is 4.74. The van der Waals surface area contributed by atoms with E-state index in [2.05, 4.69) is 38.7 Å². The lowest BCUT2D eigenvalue weighted by atomic mass is 10.1. The van der Waals surface area contributed by atoms with E-state index in [1.54, 1.807) is 19.1 Å². The number of anilines is 3. The Morgan fingerprint density at radius 3 is 2.72 bits per heavy atom. The lowest BCUT2D eigenvalue weighted by molar-refractivity contribution is 0.102. The van der Waals surface area contributed by atoms with Gasteiger partial charge in [-0.1, -0.05) is 30.3 Å². The van der Waals surface area contributed by atoms with Gasteiger partial charge in [0.25, 0.3) is 5.91 Å². The van der Waals surface area contributed by atoms with Crippen molar-refractivity contribution in [1.29, 1.82) is 0 Å². The number of para-hydroxylation sites is 1. The lowest BCUT2D eigenvalue weighted by Gasteiger charge is -2.13. The molecule has 0 aliphatic carbocycles. The van der Waals surface area contributed by atoms with Crippen molar-refractivity contribution in [1.82, 2.24) is 15.1 Å². The fourth-order valence-corrected chi connectivity index (χ4v) is 2.49. The van der Waals surface area contributed by atoms with Gasteiger partial charge in [0.1, 0.15) is 23.6 Å². The van der Waals surface area contributed by atoms with E-state index < -0.39 is 0 Å². The predicted octanol–water partition coefficient (Wildman–Crippen LogP) is 3.64. The maximum absolute atomic E-state index is 12.3. The third kappa shape index (κ3) is 3.82. The van der Waals surface area contributed by atoms with Crippen LogP contribution >= 0.6 is 0 Å². The van der Waals surface area contributed by atoms with E-state index in [4.69, 9.17) is 4.52 Å². The van der Waals surface area contributed by atoms with Crippen LogP contribution in [0.5, 0.6) is 0 Å². The number of aryl methyl sites for hydroxylation is 3. The molecule has 0 spiro atoms. The smallest absolute Gasteiger partial charge is 0.275 e. The summed E-state index contributed by atoms with van der Waals surface area (Å²) in [6, 6.07) is 9.37. The molecule has 2 N–H and O–H groups in total. The Labute approximate surface area is 145 Å². The summed E-state index contributed by atoms with van der Waals surface area (Å²) in [7, 11) is 0. The molecule has 0 saturated heterocycles. The van der Waals surface area contributed by atoms with Crippen LogP contribution in [-0.4, -0.2) is 21.0 Å². The molecule has 128 valence electrons. The second-order valence-electron chi connectivity index (χ2n) is 5.65. The Bertz CT molecular complexity index is 904. The van der Waals surface area contributed by atoms with Gasteiger partial charge in [0.2, 0.25) is 0 Å². The van der Waals surface area contributed by atoms with Gasteiger partial charge in [-0.05, 0) is 31.4 Å². The normalized spacial score (nSPS) is 10.5. The molecule has 0 aliphatic heterocycles. The highest BCUT2D eigenvalue weighted by molar-refractivity contribution is 6.02. The summed E-state index contributed by atoms with van der Waals surface area (Å²) in [5.74, 6) is 1.15. The zero-order chi connectivity index (χ0) is 17.8. The number of nitrogens with one attached hydrogen (secondary N) is 2. The lowest BCUT2D eigenvalue weighted by Crippen LogP contribution is -2.14. The van der Waals surface area contributed by atoms with Gasteiger partial charge < -0.3 is 15.2 Å². The summed E-state index contributed by atoms with van der Waals surface area (Å²) in [5.41, 5.74) is 3.54. The molecule has 7 nitrogen and oxygen atoms in total. The SMILES string of the molecule is CCc1cccc(C)c1Nc1cc(C(=O)Nc2cc(C)on2)ncn1. The van der Waals surface area contributed by atoms with Crippen LogP contribution in [0.2, 0.25) is 0 Å². The topological polar surface area (TPSA) is 92.9 Å². The Morgan fingerprint density at radius 1 is 1.16 bits per heavy atom. The first-order valence-electron chi connectivity index (χ1n) is 7.99. The van der Waals surface area contributed by atoms with Crippen LogP contribution < -0.4 is 10.6 Å². The van der Waals surface area contributed by atoms with Crippen LogP contribution in [0.4, 0.5) is 17.3 Å². The third-order valence-electron chi connectivity index (χ3n) is 3.76. The number of hydrogen-bond acceptors (Lipinski definition) is 6. The number of aromatic nitrogens is 3. The minimum Gasteiger partial charge on any atom is -0.360 e. The van der Waals surface area contributed by atoms with Crippen molar-refractivity contribution in [2.75, 3.05) is 10.6 Å². The van der Waals surface area contributed by atoms with E-state index in [0.29, 0.717) is 17.4 Å². The van der Waals surface area contributed by atoms with Gasteiger partial charge in [0, 0.05) is 17.8 Å². The summed E-state index contributed by atoms with van der Waals surface area (Å²) in [6.07, 6.45) is 2.25. The van der Waals surface area contributed by atoms with Crippen molar-refractivity contribution in [2.24, 2.45) is 0 Å². The van der Waals surface area contributed by atoms with Crippen molar-refractivity contribution >= 4 is 23.2 Å². The molecule has 7 heteroatoms. The first-order chi connectivity index (χ1) is 12.1. The average Bonchev–Trinajstić information content (AvgIpc) is 3.01. The van der Waals surface area contributed by atoms with Crippen molar-refractivity contribution in [3.63, 3.8) is 0 Å². The zero-order valence-electron chi connectivity index (χ0n) is 14.3. The Balaban J connectivity index is 1.81. The van der Waals surface area contributed by atoms with E-state index >= 15 is 0 Å². The fraction of sp³-hybridized carbons (Fsp3) is 0.222. The van der Waals surface area contributed by atoms with Gasteiger partial charge in [-0.2, -0.15) is 0 Å². The largest absolute Gasteiger partial charge is 0.360 e. The van der Waals surface area contributed by atoms with Gasteiger partial charge >= 0.3 is 0 Å². The van der Waals surface area contributed by atoms with E-state index in [0.717, 1.165) is 17.7 Å². The van der Waals surface area contributed by atoms with Crippen molar-refractivity contribution in [3.8, 4) is 0 Å². The maximum atomic E-state index is 12.3. The van der Waals surface area contributed by atoms with E-state index in [1.807, 2.05) is 19.1 Å². The van der Waals surface area contributed by atoms with Gasteiger partial charge in [-0.15, -0.1) is 0 Å². The summed E-state index contributed by atoms with van der Waals surface area (Å²) >= 11 is 0. The van der Waals surface area contributed by atoms with Gasteiger partial charge in [0.05, 0.1) is 0 Å². The quantitative estimate of drug-likeness (QED) is 0.738. The van der Waals surface area contributed by atoms with Crippen molar-refractivity contribution in [3.05, 3.63) is 59.2 Å². The molecular weight excluding hydrogens is 318 g/mol. The standard InChI is InChI=1S/C18H19N5O2/c1-4-13-7-5-6-11(2)17(13)21-15-9-14(19-10-20-15)18(24)22-16-8-12(3)25-23-16/h5-10H,4H2,1-3H3,(H,19,20,21)(H,22,23,24). The molecule has 0 atom stereocenters. The molecule has 2 aromatic heterocycles. The minimum absolute atomic E-state index is 0.241. The zero-order valence-corrected chi connectivity index (χ0v) is 14.3. The van der Waals surface area contributed by atoms with Gasteiger partial charge in [-0.25, -0.2) is 9.97 Å². The van der Waals surface area contributed by atoms with Gasteiger partial charge in [0.15, 0.2) is 5.82 Å². The van der Waals surface area contributed by atoms with Crippen LogP contribution in [0.3, 0.4) is 0 Å². The van der Waals surface area contributed by atoms with Crippen molar-refractivity contribution in [2.45, 2.75) is 27.2 Å². The number of rotatable bonds is 5. The highest BCUT2D eigenvalue weighted by Crippen LogP contribution is 2.24. The molecule has 0 aliphatic rings. The van der Waals surface area contributed by atoms with Crippen LogP contribution in [0.1, 0.15) is 34.3 Å². The first kappa shape index (κ1) is 16.6. The predicted molar refractivity (Wildman–Crippen MR) is 95.1 cm³/mol. The molecule has 0 bridgehead atoms. The molecule has 0 fully saturated rings. The van der Waals surface area contributed by atoms with Crippen LogP contribution in [0.25, 0.3) is 0 Å². The second-order valence-corrected chi connectivity index (χ2v) is 5.65. The summed E-state index contributed by atoms with van der Waals surface area (Å²) in [6.45, 7) is 5.88. The maximum Gasteiger partial charge on any atom is 0.275 e. The van der Waals surface area contributed by atoms with Crippen molar-refractivity contribution < 1.29 is 9.32 Å². The van der Waals surface area contributed by atoms with Gasteiger partial charge in [-0.3, -0.25) is 4.79 Å². The number of benzene rings is 1. The summed E-state index contributed by atoms with van der Waals surface area (Å²) < 4.78 is 4.93. The molecule has 0 saturated carbocycles. The Morgan fingerprint density at radius 2 is 2.00 bits per heavy atom. The molecule has 0 unspecified atom stereocenters. The van der Waals surface area contributed by atoms with Crippen LogP contribution in [0.15, 0.2) is 41.2 Å². The molecule has 1 aromatic carbocycles. The molecule has 0 radical (unpaired) electrons. The Hall–Kier alpha value is -3.22. The molecular formula is C18H19N5O2. The molecule has 3 rings (SSSR count). The van der Waals surface area contributed by atoms with E-state index in [9.17, 15) is 4.79 Å². The number of carbonyl (C=O) groups is 1.